The molecule has 1 saturated heterocycles. The van der Waals surface area contributed by atoms with Crippen molar-refractivity contribution in [1.82, 2.24) is 0 Å². The second-order valence-electron chi connectivity index (χ2n) is 3.68. The van der Waals surface area contributed by atoms with Crippen LogP contribution < -0.4 is 0 Å². The zero-order valence-electron chi connectivity index (χ0n) is 7.84. The fourth-order valence-electron chi connectivity index (χ4n) is 1.85. The number of likely N-dealkylation sites (tertiary alicyclic amines) is 1. The average Bonchev–Trinajstić information content (AvgIpc) is 1.89. The molecule has 1 atom stereocenters. The fourth-order valence-corrected chi connectivity index (χ4v) is 1.85. The summed E-state index contributed by atoms with van der Waals surface area (Å²) in [4.78, 5) is 0. The number of rotatable bonds is 2. The molecule has 2 heteroatoms. The predicted octanol–water partition coefficient (Wildman–Crippen LogP) is 1.84. The fraction of sp³-hybridized carbons (Fsp3) is 0.889. The minimum atomic E-state index is 0. The molecule has 1 rings (SSSR count). The van der Waals surface area contributed by atoms with Gasteiger partial charge in [-0.2, -0.15) is 6.42 Å². The normalized spacial score (nSPS) is 31.1. The van der Waals surface area contributed by atoms with Crippen LogP contribution in [-0.4, -0.2) is 31.2 Å². The van der Waals surface area contributed by atoms with E-state index in [9.17, 15) is 0 Å². The van der Waals surface area contributed by atoms with Crippen molar-refractivity contribution in [3.8, 4) is 0 Å². The van der Waals surface area contributed by atoms with Crippen molar-refractivity contribution in [2.75, 3.05) is 26.7 Å². The third-order valence-corrected chi connectivity index (χ3v) is 2.44. The van der Waals surface area contributed by atoms with Gasteiger partial charge in [0.05, 0.1) is 20.1 Å². The van der Waals surface area contributed by atoms with Crippen LogP contribution in [0.15, 0.2) is 0 Å². The molecule has 1 radical (unpaired) electrons. The summed E-state index contributed by atoms with van der Waals surface area (Å²) in [5.41, 5.74) is 0. The van der Waals surface area contributed by atoms with Crippen molar-refractivity contribution in [3.05, 3.63) is 6.42 Å². The smallest absolute Gasteiger partial charge is 0.0761 e. The molecule has 1 nitrogen and oxygen atoms in total. The summed E-state index contributed by atoms with van der Waals surface area (Å²) in [6, 6.07) is 0. The van der Waals surface area contributed by atoms with Crippen molar-refractivity contribution in [2.24, 2.45) is 0 Å². The van der Waals surface area contributed by atoms with Crippen molar-refractivity contribution in [2.45, 2.75) is 26.2 Å². The number of hydrogen-bond acceptors (Lipinski definition) is 0. The van der Waals surface area contributed by atoms with Gasteiger partial charge in [0.2, 0.25) is 0 Å². The van der Waals surface area contributed by atoms with Crippen molar-refractivity contribution in [3.63, 3.8) is 0 Å². The summed E-state index contributed by atoms with van der Waals surface area (Å²) >= 11 is 0. The van der Waals surface area contributed by atoms with E-state index in [1.807, 2.05) is 0 Å². The van der Waals surface area contributed by atoms with E-state index in [4.69, 9.17) is 0 Å². The monoisotopic (exact) mass is 230 g/mol. The predicted molar refractivity (Wildman–Crippen MR) is 44.6 cm³/mol. The summed E-state index contributed by atoms with van der Waals surface area (Å²) in [5.74, 6) is 0. The molecule has 0 aromatic carbocycles. The minimum Gasteiger partial charge on any atom is -0.351 e. The molecule has 1 heterocycles. The SMILES string of the molecule is CCC[N+]1(C)C[CH-]CCC1.[Y]. The molecular formula is C9H19NY. The molecule has 1 unspecified atom stereocenters. The van der Waals surface area contributed by atoms with Crippen LogP contribution in [0.5, 0.6) is 0 Å². The number of quaternary nitrogens is 1. The molecule has 1 fully saturated rings. The molecule has 1 aliphatic heterocycles. The van der Waals surface area contributed by atoms with E-state index >= 15 is 0 Å². The molecule has 11 heavy (non-hydrogen) atoms. The summed E-state index contributed by atoms with van der Waals surface area (Å²) in [6.07, 6.45) is 6.51. The Kier molecular flexibility index (Phi) is 6.21. The van der Waals surface area contributed by atoms with E-state index in [1.165, 1.54) is 43.4 Å². The largest absolute Gasteiger partial charge is 0.351 e. The third-order valence-electron chi connectivity index (χ3n) is 2.44. The van der Waals surface area contributed by atoms with Crippen molar-refractivity contribution < 1.29 is 37.2 Å². The van der Waals surface area contributed by atoms with Gasteiger partial charge in [-0.1, -0.05) is 6.92 Å². The van der Waals surface area contributed by atoms with Crippen LogP contribution in [0.2, 0.25) is 0 Å². The quantitative estimate of drug-likeness (QED) is 0.501. The van der Waals surface area contributed by atoms with Gasteiger partial charge in [-0.15, -0.1) is 0 Å². The third kappa shape index (κ3) is 4.01. The van der Waals surface area contributed by atoms with Gasteiger partial charge in [0.1, 0.15) is 0 Å². The topological polar surface area (TPSA) is 0 Å². The van der Waals surface area contributed by atoms with Gasteiger partial charge in [-0.3, -0.25) is 6.42 Å². The first kappa shape index (κ1) is 12.1. The molecule has 0 aromatic rings. The molecule has 63 valence electrons. The van der Waals surface area contributed by atoms with Crippen LogP contribution in [0, 0.1) is 6.42 Å². The first-order chi connectivity index (χ1) is 4.77. The molecule has 0 aromatic heterocycles. The first-order valence-electron chi connectivity index (χ1n) is 4.42. The Hall–Kier alpha value is 1.06. The standard InChI is InChI=1S/C9H19N.Y/c1-3-7-10(2)8-5-4-6-9-10;/h5H,3-4,6-9H2,1-2H3;. The Morgan fingerprint density at radius 1 is 1.45 bits per heavy atom. The van der Waals surface area contributed by atoms with Gasteiger partial charge in [0, 0.05) is 32.7 Å². The molecule has 0 saturated carbocycles. The maximum absolute atomic E-state index is 2.44. The number of nitrogens with zero attached hydrogens (tertiary/aromatic N) is 1. The maximum atomic E-state index is 2.44. The van der Waals surface area contributed by atoms with Gasteiger partial charge in [-0.25, -0.2) is 0 Å². The minimum absolute atomic E-state index is 0. The van der Waals surface area contributed by atoms with Gasteiger partial charge in [0.25, 0.3) is 0 Å². The molecule has 0 amide bonds. The summed E-state index contributed by atoms with van der Waals surface area (Å²) < 4.78 is 1.29. The number of hydrogen-bond donors (Lipinski definition) is 0. The van der Waals surface area contributed by atoms with E-state index in [0.717, 1.165) is 0 Å². The van der Waals surface area contributed by atoms with E-state index < -0.39 is 0 Å². The Labute approximate surface area is 96.0 Å². The van der Waals surface area contributed by atoms with Crippen LogP contribution >= 0.6 is 0 Å². The van der Waals surface area contributed by atoms with Gasteiger partial charge >= 0.3 is 0 Å². The summed E-state index contributed by atoms with van der Waals surface area (Å²) in [5, 5.41) is 0. The van der Waals surface area contributed by atoms with Gasteiger partial charge in [0.15, 0.2) is 0 Å². The summed E-state index contributed by atoms with van der Waals surface area (Å²) in [7, 11) is 2.37. The number of piperidine rings is 1. The molecular weight excluding hydrogens is 211 g/mol. The van der Waals surface area contributed by atoms with Crippen LogP contribution in [0.4, 0.5) is 0 Å². The maximum Gasteiger partial charge on any atom is 0.0761 e. The Bertz CT molecular complexity index is 92.2. The van der Waals surface area contributed by atoms with E-state index in [2.05, 4.69) is 20.4 Å². The summed E-state index contributed by atoms with van der Waals surface area (Å²) in [6.45, 7) is 6.33. The van der Waals surface area contributed by atoms with E-state index in [-0.39, 0.29) is 32.7 Å². The van der Waals surface area contributed by atoms with Crippen molar-refractivity contribution in [1.29, 1.82) is 0 Å². The second-order valence-corrected chi connectivity index (χ2v) is 3.68. The Morgan fingerprint density at radius 3 is 2.64 bits per heavy atom. The van der Waals surface area contributed by atoms with Gasteiger partial charge < -0.3 is 4.48 Å². The average molecular weight is 230 g/mol. The molecule has 0 aliphatic carbocycles. The molecule has 0 bridgehead atoms. The van der Waals surface area contributed by atoms with Crippen LogP contribution in [-0.2, 0) is 32.7 Å². The molecule has 1 aliphatic rings. The van der Waals surface area contributed by atoms with E-state index in [1.54, 1.807) is 0 Å². The van der Waals surface area contributed by atoms with Gasteiger partial charge in [-0.05, 0) is 19.4 Å². The van der Waals surface area contributed by atoms with Crippen LogP contribution in [0.25, 0.3) is 0 Å². The van der Waals surface area contributed by atoms with Crippen LogP contribution in [0.3, 0.4) is 0 Å². The molecule has 0 N–H and O–H groups in total. The zero-order chi connectivity index (χ0) is 7.45. The Balaban J connectivity index is 0.000001000. The second kappa shape index (κ2) is 5.67. The van der Waals surface area contributed by atoms with Crippen molar-refractivity contribution >= 4 is 0 Å². The first-order valence-corrected chi connectivity index (χ1v) is 4.42. The molecule has 0 spiro atoms. The van der Waals surface area contributed by atoms with E-state index in [0.29, 0.717) is 0 Å². The zero-order valence-corrected chi connectivity index (χ0v) is 10.7. The van der Waals surface area contributed by atoms with Crippen LogP contribution in [0.1, 0.15) is 26.2 Å². The Morgan fingerprint density at radius 2 is 2.18 bits per heavy atom.